The molecule has 0 saturated carbocycles. The molecular weight excluding hydrogens is 270 g/mol. The van der Waals surface area contributed by atoms with E-state index in [1.54, 1.807) is 11.7 Å². The second-order valence-electron chi connectivity index (χ2n) is 4.09. The number of rotatable bonds is 4. The van der Waals surface area contributed by atoms with Crippen LogP contribution in [0.15, 0.2) is 29.3 Å². The molecule has 6 heteroatoms. The molecule has 0 aliphatic carbocycles. The van der Waals surface area contributed by atoms with E-state index < -0.39 is 11.6 Å². The standard InChI is InChI=1S/C13H12F2N2OS/c1-8-5-13(17(2)16-8)19-7-12(18)9-3-4-10(14)11(15)6-9/h3-6H,7H2,1-2H3. The third-order valence-electron chi connectivity index (χ3n) is 2.55. The van der Waals surface area contributed by atoms with E-state index in [9.17, 15) is 13.6 Å². The summed E-state index contributed by atoms with van der Waals surface area (Å²) in [5.41, 5.74) is 1.04. The van der Waals surface area contributed by atoms with E-state index in [2.05, 4.69) is 5.10 Å². The fourth-order valence-electron chi connectivity index (χ4n) is 1.61. The molecule has 0 aliphatic heterocycles. The van der Waals surface area contributed by atoms with Crippen molar-refractivity contribution in [3.8, 4) is 0 Å². The highest BCUT2D eigenvalue weighted by Crippen LogP contribution is 2.20. The van der Waals surface area contributed by atoms with Gasteiger partial charge in [-0.05, 0) is 31.2 Å². The molecule has 0 atom stereocenters. The van der Waals surface area contributed by atoms with Crippen molar-refractivity contribution in [2.24, 2.45) is 7.05 Å². The second kappa shape index (κ2) is 5.52. The zero-order chi connectivity index (χ0) is 14.0. The van der Waals surface area contributed by atoms with Crippen LogP contribution < -0.4 is 0 Å². The first kappa shape index (κ1) is 13.7. The SMILES string of the molecule is Cc1cc(SCC(=O)c2ccc(F)c(F)c2)n(C)n1. The third-order valence-corrected chi connectivity index (χ3v) is 3.64. The summed E-state index contributed by atoms with van der Waals surface area (Å²) in [7, 11) is 1.79. The van der Waals surface area contributed by atoms with Gasteiger partial charge in [0.2, 0.25) is 0 Å². The first-order valence-electron chi connectivity index (χ1n) is 5.59. The Morgan fingerprint density at radius 3 is 2.63 bits per heavy atom. The predicted octanol–water partition coefficient (Wildman–Crippen LogP) is 2.98. The molecule has 100 valence electrons. The van der Waals surface area contributed by atoms with Crippen LogP contribution in [0, 0.1) is 18.6 Å². The van der Waals surface area contributed by atoms with Crippen LogP contribution in [0.1, 0.15) is 16.1 Å². The predicted molar refractivity (Wildman–Crippen MR) is 69.4 cm³/mol. The molecule has 1 aromatic heterocycles. The van der Waals surface area contributed by atoms with Crippen LogP contribution in [0.3, 0.4) is 0 Å². The van der Waals surface area contributed by atoms with Gasteiger partial charge in [0.25, 0.3) is 0 Å². The van der Waals surface area contributed by atoms with E-state index in [0.717, 1.165) is 22.9 Å². The molecule has 0 radical (unpaired) electrons. The molecule has 19 heavy (non-hydrogen) atoms. The van der Waals surface area contributed by atoms with Crippen molar-refractivity contribution in [1.82, 2.24) is 9.78 Å². The van der Waals surface area contributed by atoms with Crippen molar-refractivity contribution in [3.05, 3.63) is 47.2 Å². The van der Waals surface area contributed by atoms with Crippen LogP contribution in [0.5, 0.6) is 0 Å². The number of Topliss-reactive ketones (excluding diaryl/α,β-unsaturated/α-hetero) is 1. The molecule has 2 aromatic rings. The monoisotopic (exact) mass is 282 g/mol. The minimum atomic E-state index is -1.01. The van der Waals surface area contributed by atoms with Crippen molar-refractivity contribution in [2.75, 3.05) is 5.75 Å². The summed E-state index contributed by atoms with van der Waals surface area (Å²) < 4.78 is 27.5. The minimum absolute atomic E-state index is 0.157. The maximum absolute atomic E-state index is 13.0. The Hall–Kier alpha value is -1.69. The van der Waals surface area contributed by atoms with E-state index in [-0.39, 0.29) is 17.1 Å². The number of ketones is 1. The largest absolute Gasteiger partial charge is 0.293 e. The van der Waals surface area contributed by atoms with Crippen molar-refractivity contribution in [1.29, 1.82) is 0 Å². The van der Waals surface area contributed by atoms with Gasteiger partial charge in [0.05, 0.1) is 16.5 Å². The molecule has 3 nitrogen and oxygen atoms in total. The van der Waals surface area contributed by atoms with Crippen molar-refractivity contribution < 1.29 is 13.6 Å². The summed E-state index contributed by atoms with van der Waals surface area (Å²) in [6.45, 7) is 1.86. The molecule has 0 aliphatic rings. The lowest BCUT2D eigenvalue weighted by molar-refractivity contribution is 0.102. The quantitative estimate of drug-likeness (QED) is 0.639. The van der Waals surface area contributed by atoms with Gasteiger partial charge in [0.1, 0.15) is 0 Å². The van der Waals surface area contributed by atoms with Gasteiger partial charge in [-0.25, -0.2) is 8.78 Å². The van der Waals surface area contributed by atoms with E-state index in [4.69, 9.17) is 0 Å². The highest BCUT2D eigenvalue weighted by molar-refractivity contribution is 7.99. The normalized spacial score (nSPS) is 10.7. The second-order valence-corrected chi connectivity index (χ2v) is 5.08. The summed E-state index contributed by atoms with van der Waals surface area (Å²) in [5, 5.41) is 5.02. The van der Waals surface area contributed by atoms with E-state index >= 15 is 0 Å². The molecule has 2 rings (SSSR count). The number of carbonyl (C=O) groups excluding carboxylic acids is 1. The zero-order valence-electron chi connectivity index (χ0n) is 10.5. The summed E-state index contributed by atoms with van der Waals surface area (Å²) >= 11 is 1.32. The number of hydrogen-bond acceptors (Lipinski definition) is 3. The number of carbonyl (C=O) groups is 1. The Morgan fingerprint density at radius 2 is 2.05 bits per heavy atom. The topological polar surface area (TPSA) is 34.9 Å². The average Bonchev–Trinajstić information content (AvgIpc) is 2.68. The van der Waals surface area contributed by atoms with Gasteiger partial charge in [0.15, 0.2) is 17.4 Å². The van der Waals surface area contributed by atoms with Gasteiger partial charge in [-0.15, -0.1) is 0 Å². The molecule has 0 amide bonds. The van der Waals surface area contributed by atoms with Crippen molar-refractivity contribution in [2.45, 2.75) is 11.9 Å². The summed E-state index contributed by atoms with van der Waals surface area (Å²) in [5.74, 6) is -2.05. The third kappa shape index (κ3) is 3.20. The molecule has 0 unspecified atom stereocenters. The van der Waals surface area contributed by atoms with Gasteiger partial charge in [-0.2, -0.15) is 5.10 Å². The maximum Gasteiger partial charge on any atom is 0.173 e. The number of thioether (sulfide) groups is 1. The summed E-state index contributed by atoms with van der Waals surface area (Å²) in [6.07, 6.45) is 0. The van der Waals surface area contributed by atoms with Gasteiger partial charge in [0, 0.05) is 12.6 Å². The number of aryl methyl sites for hydroxylation is 2. The Kier molecular flexibility index (Phi) is 3.99. The molecule has 0 N–H and O–H groups in total. The van der Waals surface area contributed by atoms with Gasteiger partial charge >= 0.3 is 0 Å². The smallest absolute Gasteiger partial charge is 0.173 e. The van der Waals surface area contributed by atoms with E-state index in [1.165, 1.54) is 17.8 Å². The lowest BCUT2D eigenvalue weighted by atomic mass is 10.1. The lowest BCUT2D eigenvalue weighted by Crippen LogP contribution is -2.04. The first-order chi connectivity index (χ1) is 8.97. The molecule has 0 bridgehead atoms. The molecule has 1 heterocycles. The average molecular weight is 282 g/mol. The van der Waals surface area contributed by atoms with Crippen molar-refractivity contribution in [3.63, 3.8) is 0 Å². The van der Waals surface area contributed by atoms with Crippen LogP contribution in [0.25, 0.3) is 0 Å². The maximum atomic E-state index is 13.0. The highest BCUT2D eigenvalue weighted by atomic mass is 32.2. The number of benzene rings is 1. The van der Waals surface area contributed by atoms with Gasteiger partial charge in [-0.1, -0.05) is 11.8 Å². The Balaban J connectivity index is 2.05. The van der Waals surface area contributed by atoms with E-state index in [1.807, 2.05) is 13.0 Å². The fourth-order valence-corrected chi connectivity index (χ4v) is 2.54. The minimum Gasteiger partial charge on any atom is -0.293 e. The fraction of sp³-hybridized carbons (Fsp3) is 0.231. The Labute approximate surface area is 113 Å². The van der Waals surface area contributed by atoms with Crippen LogP contribution in [-0.4, -0.2) is 21.3 Å². The van der Waals surface area contributed by atoms with Crippen LogP contribution in [-0.2, 0) is 7.05 Å². The zero-order valence-corrected chi connectivity index (χ0v) is 11.3. The number of aromatic nitrogens is 2. The van der Waals surface area contributed by atoms with Crippen molar-refractivity contribution >= 4 is 17.5 Å². The molecule has 1 aromatic carbocycles. The Bertz CT molecular complexity index is 625. The molecule has 0 spiro atoms. The lowest BCUT2D eigenvalue weighted by Gasteiger charge is -2.02. The molecule has 0 fully saturated rings. The summed E-state index contributed by atoms with van der Waals surface area (Å²) in [4.78, 5) is 11.9. The number of halogens is 2. The number of nitrogens with zero attached hydrogens (tertiary/aromatic N) is 2. The summed E-state index contributed by atoms with van der Waals surface area (Å²) in [6, 6.07) is 5.03. The molecule has 0 saturated heterocycles. The number of hydrogen-bond donors (Lipinski definition) is 0. The van der Waals surface area contributed by atoms with Gasteiger partial charge in [-0.3, -0.25) is 9.48 Å². The highest BCUT2D eigenvalue weighted by Gasteiger charge is 2.11. The van der Waals surface area contributed by atoms with Crippen LogP contribution >= 0.6 is 11.8 Å². The van der Waals surface area contributed by atoms with Crippen LogP contribution in [0.4, 0.5) is 8.78 Å². The van der Waals surface area contributed by atoms with Crippen LogP contribution in [0.2, 0.25) is 0 Å². The van der Waals surface area contributed by atoms with Gasteiger partial charge < -0.3 is 0 Å². The first-order valence-corrected chi connectivity index (χ1v) is 6.57. The Morgan fingerprint density at radius 1 is 1.32 bits per heavy atom. The van der Waals surface area contributed by atoms with E-state index in [0.29, 0.717) is 0 Å². The molecular formula is C13H12F2N2OS.